The van der Waals surface area contributed by atoms with Gasteiger partial charge in [-0.1, -0.05) is 88.7 Å². The molecule has 160 valence electrons. The molecule has 1 N–H and O–H groups in total. The predicted octanol–water partition coefficient (Wildman–Crippen LogP) is 7.48. The van der Waals surface area contributed by atoms with Crippen LogP contribution in [0.15, 0.2) is 102 Å². The highest BCUT2D eigenvalue weighted by atomic mass is 79.9. The number of benzene rings is 4. The third kappa shape index (κ3) is 6.02. The lowest BCUT2D eigenvalue weighted by molar-refractivity contribution is 0.289. The van der Waals surface area contributed by atoms with Crippen LogP contribution in [-0.4, -0.2) is 5.11 Å². The lowest BCUT2D eigenvalue weighted by atomic mass is 10.1. The second-order valence-corrected chi connectivity index (χ2v) is 8.20. The maximum Gasteiger partial charge on any atom is 0.130 e. The highest BCUT2D eigenvalue weighted by Gasteiger charge is 2.07. The van der Waals surface area contributed by atoms with Gasteiger partial charge in [0.25, 0.3) is 0 Å². The Labute approximate surface area is 196 Å². The van der Waals surface area contributed by atoms with Crippen molar-refractivity contribution in [3.63, 3.8) is 0 Å². The van der Waals surface area contributed by atoms with Crippen LogP contribution in [0.3, 0.4) is 0 Å². The second-order valence-electron chi connectivity index (χ2n) is 7.28. The van der Waals surface area contributed by atoms with Crippen LogP contribution >= 0.6 is 15.9 Å². The molecule has 0 aromatic heterocycles. The molecule has 0 fully saturated rings. The molecule has 0 aliphatic rings. The fourth-order valence-corrected chi connectivity index (χ4v) is 3.56. The van der Waals surface area contributed by atoms with Gasteiger partial charge >= 0.3 is 0 Å². The normalized spacial score (nSPS) is 10.9. The van der Waals surface area contributed by atoms with Crippen molar-refractivity contribution in [2.45, 2.75) is 13.2 Å². The van der Waals surface area contributed by atoms with Crippen LogP contribution in [-0.2, 0) is 13.2 Å². The van der Waals surface area contributed by atoms with Gasteiger partial charge in [-0.05, 0) is 41.5 Å². The molecule has 4 heteroatoms. The van der Waals surface area contributed by atoms with Crippen LogP contribution in [0.25, 0.3) is 12.2 Å². The van der Waals surface area contributed by atoms with Gasteiger partial charge in [0.2, 0.25) is 0 Å². The van der Waals surface area contributed by atoms with Crippen LogP contribution in [0.4, 0.5) is 0 Å². The van der Waals surface area contributed by atoms with Gasteiger partial charge < -0.3 is 14.6 Å². The first-order valence-corrected chi connectivity index (χ1v) is 11.1. The van der Waals surface area contributed by atoms with E-state index >= 15 is 0 Å². The molecule has 0 atom stereocenters. The van der Waals surface area contributed by atoms with Gasteiger partial charge in [-0.15, -0.1) is 0 Å². The number of halogens is 1. The molecule has 0 heterocycles. The highest BCUT2D eigenvalue weighted by Crippen LogP contribution is 2.30. The van der Waals surface area contributed by atoms with E-state index in [0.717, 1.165) is 32.5 Å². The summed E-state index contributed by atoms with van der Waals surface area (Å²) in [6, 6.07) is 31.2. The standard InChI is InChI=1S/C28H23BrO3/c29-25-14-16-27(30)24(17-25)12-11-23-13-15-26(31-19-21-7-3-1-4-8-21)18-28(23)32-20-22-9-5-2-6-10-22/h1-18,30H,19-20H2/b12-11+. The molecule has 0 bridgehead atoms. The predicted molar refractivity (Wildman–Crippen MR) is 133 cm³/mol. The average Bonchev–Trinajstić information content (AvgIpc) is 2.84. The molecule has 3 nitrogen and oxygen atoms in total. The Morgan fingerprint density at radius 2 is 1.28 bits per heavy atom. The molecule has 0 aliphatic carbocycles. The lowest BCUT2D eigenvalue weighted by Gasteiger charge is -2.13. The molecule has 0 spiro atoms. The van der Waals surface area contributed by atoms with Crippen molar-refractivity contribution in [1.29, 1.82) is 0 Å². The van der Waals surface area contributed by atoms with Crippen molar-refractivity contribution in [3.05, 3.63) is 124 Å². The van der Waals surface area contributed by atoms with Gasteiger partial charge in [-0.3, -0.25) is 0 Å². The molecule has 32 heavy (non-hydrogen) atoms. The summed E-state index contributed by atoms with van der Waals surface area (Å²) >= 11 is 3.45. The third-order valence-electron chi connectivity index (χ3n) is 4.90. The van der Waals surface area contributed by atoms with Crippen molar-refractivity contribution in [3.8, 4) is 17.2 Å². The molecule has 0 amide bonds. The fraction of sp³-hybridized carbons (Fsp3) is 0.0714. The van der Waals surface area contributed by atoms with E-state index in [1.54, 1.807) is 12.1 Å². The SMILES string of the molecule is Oc1ccc(Br)cc1/C=C/c1ccc(OCc2ccccc2)cc1OCc1ccccc1. The minimum Gasteiger partial charge on any atom is -0.507 e. The van der Waals surface area contributed by atoms with Crippen LogP contribution in [0, 0.1) is 0 Å². The van der Waals surface area contributed by atoms with Crippen molar-refractivity contribution in [1.82, 2.24) is 0 Å². The first kappa shape index (κ1) is 21.7. The average molecular weight is 487 g/mol. The van der Waals surface area contributed by atoms with Crippen molar-refractivity contribution in [2.75, 3.05) is 0 Å². The maximum atomic E-state index is 10.1. The van der Waals surface area contributed by atoms with Gasteiger partial charge in [0.15, 0.2) is 0 Å². The van der Waals surface area contributed by atoms with E-state index in [9.17, 15) is 5.11 Å². The first-order chi connectivity index (χ1) is 15.7. The molecule has 0 aliphatic heterocycles. The molecule has 4 aromatic carbocycles. The van der Waals surface area contributed by atoms with Crippen LogP contribution in [0.1, 0.15) is 22.3 Å². The lowest BCUT2D eigenvalue weighted by Crippen LogP contribution is -1.99. The number of hydrogen-bond acceptors (Lipinski definition) is 3. The number of aromatic hydroxyl groups is 1. The molecule has 4 aromatic rings. The van der Waals surface area contributed by atoms with Gasteiger partial charge in [-0.25, -0.2) is 0 Å². The van der Waals surface area contributed by atoms with Crippen LogP contribution < -0.4 is 9.47 Å². The summed E-state index contributed by atoms with van der Waals surface area (Å²) in [6.45, 7) is 0.937. The Kier molecular flexibility index (Phi) is 7.26. The summed E-state index contributed by atoms with van der Waals surface area (Å²) in [5, 5.41) is 10.1. The molecular formula is C28H23BrO3. The molecular weight excluding hydrogens is 464 g/mol. The second kappa shape index (κ2) is 10.7. The molecule has 0 radical (unpaired) electrons. The number of ether oxygens (including phenoxy) is 2. The Hall–Kier alpha value is -3.50. The smallest absolute Gasteiger partial charge is 0.130 e. The largest absolute Gasteiger partial charge is 0.507 e. The molecule has 0 saturated heterocycles. The minimum absolute atomic E-state index is 0.221. The van der Waals surface area contributed by atoms with Gasteiger partial charge in [0.05, 0.1) is 0 Å². The Morgan fingerprint density at radius 1 is 0.656 bits per heavy atom. The van der Waals surface area contributed by atoms with Crippen LogP contribution in [0.2, 0.25) is 0 Å². The molecule has 0 unspecified atom stereocenters. The quantitative estimate of drug-likeness (QED) is 0.262. The van der Waals surface area contributed by atoms with Gasteiger partial charge in [0, 0.05) is 21.7 Å². The monoisotopic (exact) mass is 486 g/mol. The van der Waals surface area contributed by atoms with Crippen molar-refractivity contribution >= 4 is 28.1 Å². The summed E-state index contributed by atoms with van der Waals surface area (Å²) in [5.41, 5.74) is 3.81. The summed E-state index contributed by atoms with van der Waals surface area (Å²) in [4.78, 5) is 0. The Morgan fingerprint density at radius 3 is 1.97 bits per heavy atom. The Balaban J connectivity index is 1.57. The van der Waals surface area contributed by atoms with E-state index in [0.29, 0.717) is 19.0 Å². The number of hydrogen-bond donors (Lipinski definition) is 1. The summed E-state index contributed by atoms with van der Waals surface area (Å²) in [6.07, 6.45) is 3.80. The third-order valence-corrected chi connectivity index (χ3v) is 5.40. The van der Waals surface area contributed by atoms with E-state index in [1.807, 2.05) is 97.1 Å². The van der Waals surface area contributed by atoms with Gasteiger partial charge in [-0.2, -0.15) is 0 Å². The first-order valence-electron chi connectivity index (χ1n) is 10.3. The summed E-state index contributed by atoms with van der Waals surface area (Å²) in [5.74, 6) is 1.67. The van der Waals surface area contributed by atoms with Crippen molar-refractivity contribution < 1.29 is 14.6 Å². The maximum absolute atomic E-state index is 10.1. The zero-order valence-corrected chi connectivity index (χ0v) is 19.0. The van der Waals surface area contributed by atoms with E-state index in [-0.39, 0.29) is 5.75 Å². The highest BCUT2D eigenvalue weighted by molar-refractivity contribution is 9.10. The summed E-state index contributed by atoms with van der Waals surface area (Å²) in [7, 11) is 0. The number of phenolic OH excluding ortho intramolecular Hbond substituents is 1. The van der Waals surface area contributed by atoms with Crippen molar-refractivity contribution in [2.24, 2.45) is 0 Å². The van der Waals surface area contributed by atoms with Gasteiger partial charge in [0.1, 0.15) is 30.5 Å². The molecule has 0 saturated carbocycles. The fourth-order valence-electron chi connectivity index (χ4n) is 3.18. The zero-order chi connectivity index (χ0) is 22.2. The van der Waals surface area contributed by atoms with E-state index in [2.05, 4.69) is 15.9 Å². The van der Waals surface area contributed by atoms with Crippen LogP contribution in [0.5, 0.6) is 17.2 Å². The zero-order valence-electron chi connectivity index (χ0n) is 17.4. The van der Waals surface area contributed by atoms with E-state index in [1.165, 1.54) is 0 Å². The topological polar surface area (TPSA) is 38.7 Å². The Bertz CT molecular complexity index is 1190. The number of rotatable bonds is 8. The van der Waals surface area contributed by atoms with E-state index < -0.39 is 0 Å². The molecule has 4 rings (SSSR count). The summed E-state index contributed by atoms with van der Waals surface area (Å²) < 4.78 is 13.0. The minimum atomic E-state index is 0.221. The number of phenols is 1. The van der Waals surface area contributed by atoms with E-state index in [4.69, 9.17) is 9.47 Å².